The third-order valence-electron chi connectivity index (χ3n) is 11.2. The van der Waals surface area contributed by atoms with Crippen LogP contribution in [0.25, 0.3) is 58.5 Å². The van der Waals surface area contributed by atoms with E-state index in [4.69, 9.17) is 0 Å². The second-order valence-electron chi connectivity index (χ2n) is 13.9. The average molecular weight is 691 g/mol. The quantitative estimate of drug-likeness (QED) is 0.185. The van der Waals surface area contributed by atoms with Crippen molar-refractivity contribution in [3.63, 3.8) is 0 Å². The number of rotatable bonds is 3. The van der Waals surface area contributed by atoms with Gasteiger partial charge in [0.25, 0.3) is 0 Å². The number of fused-ring (bicyclic) bond motifs is 10. The van der Waals surface area contributed by atoms with Gasteiger partial charge in [0.15, 0.2) is 0 Å². The minimum atomic E-state index is -0.153. The van der Waals surface area contributed by atoms with Gasteiger partial charge in [-0.05, 0) is 108 Å². The Morgan fingerprint density at radius 3 is 2.51 bits per heavy atom. The first kappa shape index (κ1) is 30.1. The van der Waals surface area contributed by atoms with Gasteiger partial charge in [0, 0.05) is 37.0 Å². The number of thiophene rings is 2. The van der Waals surface area contributed by atoms with Gasteiger partial charge < -0.3 is 4.57 Å². The van der Waals surface area contributed by atoms with Crippen molar-refractivity contribution in [3.05, 3.63) is 135 Å². The zero-order valence-electron chi connectivity index (χ0n) is 27.7. The highest BCUT2D eigenvalue weighted by atomic mass is 32.1. The minimum absolute atomic E-state index is 0.153. The number of allylic oxidation sites excluding steroid dienone is 5. The number of nitrogens with zero attached hydrogens (tertiary/aromatic N) is 4. The summed E-state index contributed by atoms with van der Waals surface area (Å²) in [6.07, 6.45) is 11.8. The van der Waals surface area contributed by atoms with Gasteiger partial charge in [0.05, 0.1) is 55.9 Å². The molecule has 3 aliphatic carbocycles. The first-order valence-electron chi connectivity index (χ1n) is 17.6. The lowest BCUT2D eigenvalue weighted by Crippen LogP contribution is -2.11. The number of aryl methyl sites for hydroxylation is 1. The summed E-state index contributed by atoms with van der Waals surface area (Å²) in [4.78, 5) is 1.51. The molecule has 242 valence electrons. The first-order chi connectivity index (χ1) is 25.1. The van der Waals surface area contributed by atoms with Crippen LogP contribution in [0.3, 0.4) is 0 Å². The largest absolute Gasteiger partial charge is 0.308 e. The van der Waals surface area contributed by atoms with Crippen molar-refractivity contribution in [1.29, 1.82) is 15.8 Å². The molecule has 10 rings (SSSR count). The Balaban J connectivity index is 1.09. The van der Waals surface area contributed by atoms with Crippen LogP contribution in [0, 0.1) is 39.9 Å². The molecule has 51 heavy (non-hydrogen) atoms. The van der Waals surface area contributed by atoms with Crippen LogP contribution in [0.2, 0.25) is 0 Å². The van der Waals surface area contributed by atoms with Gasteiger partial charge in [-0.15, -0.1) is 22.7 Å². The molecule has 0 saturated heterocycles. The van der Waals surface area contributed by atoms with E-state index >= 15 is 0 Å². The normalized spacial score (nSPS) is 18.4. The van der Waals surface area contributed by atoms with Gasteiger partial charge in [-0.2, -0.15) is 15.8 Å². The van der Waals surface area contributed by atoms with Gasteiger partial charge >= 0.3 is 0 Å². The number of nitriles is 3. The Morgan fingerprint density at radius 2 is 1.63 bits per heavy atom. The summed E-state index contributed by atoms with van der Waals surface area (Å²) in [6.45, 7) is 0. The topological polar surface area (TPSA) is 76.3 Å². The molecule has 3 aromatic heterocycles. The molecule has 0 aliphatic heterocycles. The van der Waals surface area contributed by atoms with Crippen molar-refractivity contribution in [2.75, 3.05) is 0 Å². The van der Waals surface area contributed by atoms with Crippen molar-refractivity contribution >= 4 is 81.2 Å². The molecule has 3 aliphatic rings. The second kappa shape index (κ2) is 11.7. The number of benzene rings is 4. The Kier molecular flexibility index (Phi) is 6.90. The lowest BCUT2D eigenvalue weighted by Gasteiger charge is -2.24. The highest BCUT2D eigenvalue weighted by Crippen LogP contribution is 2.49. The highest BCUT2D eigenvalue weighted by molar-refractivity contribution is 7.31. The van der Waals surface area contributed by atoms with E-state index in [2.05, 4.69) is 102 Å². The van der Waals surface area contributed by atoms with Gasteiger partial charge in [-0.1, -0.05) is 60.7 Å². The number of hydrogen-bond acceptors (Lipinski definition) is 5. The molecule has 4 aromatic carbocycles. The van der Waals surface area contributed by atoms with Crippen LogP contribution in [0.4, 0.5) is 0 Å². The number of para-hydroxylation sites is 1. The van der Waals surface area contributed by atoms with Crippen LogP contribution in [0.5, 0.6) is 0 Å². The fourth-order valence-corrected chi connectivity index (χ4v) is 11.4. The lowest BCUT2D eigenvalue weighted by atomic mass is 9.82. The third-order valence-corrected chi connectivity index (χ3v) is 13.8. The van der Waals surface area contributed by atoms with Crippen LogP contribution < -0.4 is 0 Å². The maximum absolute atomic E-state index is 10.5. The SMILES string of the molecule is N#CC1=C(n2c3c(c4ccccc42)CC(C#N)C=C3)C(c2ccc3sc4c(ccc5c6c(sc54)CCC(c4cccc(C#N)c4)C6)c3c2)=CCC1. The lowest BCUT2D eigenvalue weighted by molar-refractivity contribution is 0.594. The molecule has 0 N–H and O–H groups in total. The predicted octanol–water partition coefficient (Wildman–Crippen LogP) is 11.7. The number of hydrogen-bond donors (Lipinski definition) is 0. The predicted molar refractivity (Wildman–Crippen MR) is 210 cm³/mol. The summed E-state index contributed by atoms with van der Waals surface area (Å²) in [6, 6.07) is 35.4. The molecule has 2 atom stereocenters. The van der Waals surface area contributed by atoms with E-state index in [1.807, 2.05) is 40.9 Å². The third kappa shape index (κ3) is 4.60. The van der Waals surface area contributed by atoms with Gasteiger partial charge in [0.1, 0.15) is 0 Å². The van der Waals surface area contributed by atoms with Gasteiger partial charge in [-0.25, -0.2) is 0 Å². The van der Waals surface area contributed by atoms with Crippen LogP contribution in [0.15, 0.2) is 96.6 Å². The molecule has 2 unspecified atom stereocenters. The van der Waals surface area contributed by atoms with Crippen LogP contribution in [-0.2, 0) is 19.3 Å². The molecule has 3 heterocycles. The van der Waals surface area contributed by atoms with Crippen molar-refractivity contribution in [2.45, 2.75) is 44.4 Å². The molecule has 0 saturated carbocycles. The van der Waals surface area contributed by atoms with E-state index in [1.165, 1.54) is 51.8 Å². The molecular weight excluding hydrogens is 661 g/mol. The van der Waals surface area contributed by atoms with E-state index in [1.54, 1.807) is 0 Å². The molecule has 0 radical (unpaired) electrons. The summed E-state index contributed by atoms with van der Waals surface area (Å²) < 4.78 is 6.31. The zero-order chi connectivity index (χ0) is 34.2. The van der Waals surface area contributed by atoms with E-state index in [9.17, 15) is 15.8 Å². The van der Waals surface area contributed by atoms with E-state index in [0.717, 1.165) is 70.3 Å². The van der Waals surface area contributed by atoms with Crippen LogP contribution in [0.1, 0.15) is 63.6 Å². The standard InChI is InChI=1S/C45H30N4S2/c46-23-26-5-3-6-28(19-26)29-12-17-41-37(21-29)34-14-15-35-38-22-30(13-18-42(38)51-45(35)44(34)50-41)32-9-4-7-31(25-48)43(32)49-39-10-2-1-8-33(39)36-20-27(24-47)11-16-40(36)49/h1-3,5-6,8-11,13-16,18-19,22,27,29H,4,7,12,17,20-21H2. The Hall–Kier alpha value is -5.71. The van der Waals surface area contributed by atoms with Crippen molar-refractivity contribution < 1.29 is 0 Å². The highest BCUT2D eigenvalue weighted by Gasteiger charge is 2.29. The summed E-state index contributed by atoms with van der Waals surface area (Å²) in [7, 11) is 0. The fourth-order valence-electron chi connectivity index (χ4n) is 8.78. The average Bonchev–Trinajstić information content (AvgIpc) is 3.86. The van der Waals surface area contributed by atoms with Crippen LogP contribution >= 0.6 is 22.7 Å². The van der Waals surface area contributed by atoms with Crippen LogP contribution in [-0.4, -0.2) is 4.57 Å². The molecule has 0 bridgehead atoms. The monoisotopic (exact) mass is 690 g/mol. The molecule has 7 aromatic rings. The Bertz CT molecular complexity index is 2870. The summed E-state index contributed by atoms with van der Waals surface area (Å²) in [5, 5.41) is 34.8. The van der Waals surface area contributed by atoms with Gasteiger partial charge in [0.2, 0.25) is 0 Å². The fraction of sp³-hybridized carbons (Fsp3) is 0.178. The molecule has 0 amide bonds. The van der Waals surface area contributed by atoms with E-state index in [0.29, 0.717) is 18.8 Å². The Labute approximate surface area is 303 Å². The Morgan fingerprint density at radius 1 is 0.745 bits per heavy atom. The molecule has 4 nitrogen and oxygen atoms in total. The summed E-state index contributed by atoms with van der Waals surface area (Å²) in [5.74, 6) is 0.278. The second-order valence-corrected chi connectivity index (χ2v) is 16.1. The van der Waals surface area contributed by atoms with E-state index in [-0.39, 0.29) is 5.92 Å². The van der Waals surface area contributed by atoms with E-state index < -0.39 is 0 Å². The first-order valence-corrected chi connectivity index (χ1v) is 19.2. The molecule has 0 fully saturated rings. The molecule has 6 heteroatoms. The molecule has 0 spiro atoms. The summed E-state index contributed by atoms with van der Waals surface area (Å²) >= 11 is 3.86. The van der Waals surface area contributed by atoms with Crippen molar-refractivity contribution in [3.8, 4) is 18.2 Å². The van der Waals surface area contributed by atoms with Crippen molar-refractivity contribution in [1.82, 2.24) is 4.57 Å². The zero-order valence-corrected chi connectivity index (χ0v) is 29.4. The van der Waals surface area contributed by atoms with Crippen molar-refractivity contribution in [2.24, 2.45) is 5.92 Å². The summed E-state index contributed by atoms with van der Waals surface area (Å²) in [5.41, 5.74) is 10.8. The smallest absolute Gasteiger partial charge is 0.0991 e. The number of aromatic nitrogens is 1. The molecular formula is C45H30N4S2. The maximum atomic E-state index is 10.5. The maximum Gasteiger partial charge on any atom is 0.0991 e. The van der Waals surface area contributed by atoms with Gasteiger partial charge in [-0.3, -0.25) is 0 Å². The minimum Gasteiger partial charge on any atom is -0.308 e.